The summed E-state index contributed by atoms with van der Waals surface area (Å²) >= 11 is 13.6. The molecule has 0 atom stereocenters. The van der Waals surface area contributed by atoms with Crippen molar-refractivity contribution in [3.05, 3.63) is 119 Å². The van der Waals surface area contributed by atoms with Crippen molar-refractivity contribution < 1.29 is 73.9 Å². The molecule has 0 aromatic heterocycles. The predicted octanol–water partition coefficient (Wildman–Crippen LogP) is 7.04. The third-order valence-electron chi connectivity index (χ3n) is 9.04. The van der Waals surface area contributed by atoms with Gasteiger partial charge in [0.25, 0.3) is 0 Å². The molecule has 346 valence electrons. The number of aliphatic carboxylic acids is 1. The number of sulfone groups is 2. The lowest BCUT2D eigenvalue weighted by atomic mass is 9.87. The standard InChI is InChI=1S/C21H19ClO7S.C21H20O7S.2CHClO/c1-21(2)19(14-6-10-16(11-7-14)30(3,25)26)18(20(24)28-21)13-4-8-15(9-5-13)27-12-17(23)29-22;1-21(2)19(14-6-10-16(11-7-14)29(3,25)26)18(20(24)28-21)13-4-8-15(9-5-13)27-12-17(22)23;2*2-1-3/h4-11H,12H2,1-3H3;4-11H,12H2,1-3H3,(H,22,23);2*1H. The maximum Gasteiger partial charge on any atom is 0.362 e. The molecule has 4 aromatic rings. The van der Waals surface area contributed by atoms with E-state index in [2.05, 4.69) is 27.5 Å². The lowest BCUT2D eigenvalue weighted by Crippen LogP contribution is -2.22. The first kappa shape index (κ1) is 53.3. The van der Waals surface area contributed by atoms with E-state index < -0.39 is 61.4 Å². The Labute approximate surface area is 389 Å². The summed E-state index contributed by atoms with van der Waals surface area (Å²) in [6.45, 7) is 6.26. The van der Waals surface area contributed by atoms with Gasteiger partial charge in [-0.25, -0.2) is 36.0 Å². The second kappa shape index (κ2) is 22.7. The summed E-state index contributed by atoms with van der Waals surface area (Å²) in [7, 11) is -6.67. The van der Waals surface area contributed by atoms with E-state index in [1.807, 2.05) is 0 Å². The van der Waals surface area contributed by atoms with Crippen LogP contribution in [0.25, 0.3) is 22.3 Å². The van der Waals surface area contributed by atoms with Gasteiger partial charge in [0.15, 0.2) is 32.9 Å². The molecule has 16 nitrogen and oxygen atoms in total. The third kappa shape index (κ3) is 14.5. The summed E-state index contributed by atoms with van der Waals surface area (Å²) in [6, 6.07) is 25.6. The average Bonchev–Trinajstić information content (AvgIpc) is 3.63. The van der Waals surface area contributed by atoms with Crippen LogP contribution in [0.3, 0.4) is 0 Å². The van der Waals surface area contributed by atoms with Crippen molar-refractivity contribution in [2.45, 2.75) is 48.7 Å². The van der Waals surface area contributed by atoms with Crippen molar-refractivity contribution in [1.29, 1.82) is 0 Å². The molecule has 2 heterocycles. The minimum atomic E-state index is -3.34. The Balaban J connectivity index is 0.000000308. The lowest BCUT2D eigenvalue weighted by Gasteiger charge is -2.22. The molecule has 0 aliphatic carbocycles. The largest absolute Gasteiger partial charge is 0.482 e. The van der Waals surface area contributed by atoms with Crippen LogP contribution in [0, 0.1) is 0 Å². The fourth-order valence-electron chi connectivity index (χ4n) is 6.46. The highest BCUT2D eigenvalue weighted by Crippen LogP contribution is 2.45. The molecular weight excluding hydrogens is 955 g/mol. The Hall–Kier alpha value is -6.05. The molecule has 6 rings (SSSR count). The average molecular weight is 996 g/mol. The van der Waals surface area contributed by atoms with Crippen LogP contribution in [0.5, 0.6) is 11.5 Å². The van der Waals surface area contributed by atoms with E-state index in [4.69, 9.17) is 45.5 Å². The number of hydrogen-bond donors (Lipinski definition) is 1. The number of benzene rings is 4. The van der Waals surface area contributed by atoms with E-state index in [0.29, 0.717) is 56.0 Å². The van der Waals surface area contributed by atoms with Gasteiger partial charge in [-0.2, -0.15) is 0 Å². The fourth-order valence-corrected chi connectivity index (χ4v) is 7.77. The molecule has 21 heteroatoms. The lowest BCUT2D eigenvalue weighted by molar-refractivity contribution is -0.143. The number of ether oxygens (including phenoxy) is 4. The van der Waals surface area contributed by atoms with Crippen molar-refractivity contribution in [3.63, 3.8) is 0 Å². The first-order chi connectivity index (χ1) is 30.3. The van der Waals surface area contributed by atoms with E-state index in [-0.39, 0.29) is 27.9 Å². The Morgan fingerprint density at radius 1 is 0.585 bits per heavy atom. The molecule has 0 radical (unpaired) electrons. The highest BCUT2D eigenvalue weighted by Gasteiger charge is 2.43. The van der Waals surface area contributed by atoms with Crippen LogP contribution < -0.4 is 9.47 Å². The van der Waals surface area contributed by atoms with Gasteiger partial charge in [-0.05, 0) is 122 Å². The van der Waals surface area contributed by atoms with Gasteiger partial charge in [0.2, 0.25) is 11.5 Å². The molecule has 2 aliphatic rings. The monoisotopic (exact) mass is 994 g/mol. The van der Waals surface area contributed by atoms with Gasteiger partial charge in [0, 0.05) is 23.7 Å². The predicted molar refractivity (Wildman–Crippen MR) is 242 cm³/mol. The normalized spacial score (nSPS) is 14.7. The minimum Gasteiger partial charge on any atom is -0.482 e. The van der Waals surface area contributed by atoms with E-state index in [1.54, 1.807) is 100 Å². The number of rotatable bonds is 12. The van der Waals surface area contributed by atoms with Crippen LogP contribution >= 0.6 is 35.1 Å². The zero-order valence-electron chi connectivity index (χ0n) is 35.3. The van der Waals surface area contributed by atoms with Crippen molar-refractivity contribution in [2.75, 3.05) is 25.7 Å². The summed E-state index contributed by atoms with van der Waals surface area (Å²) in [5.74, 6) is -1.59. The van der Waals surface area contributed by atoms with Crippen molar-refractivity contribution in [2.24, 2.45) is 0 Å². The summed E-state index contributed by atoms with van der Waals surface area (Å²) in [5, 5.41) is 8.69. The van der Waals surface area contributed by atoms with E-state index in [0.717, 1.165) is 12.5 Å². The summed E-state index contributed by atoms with van der Waals surface area (Å²) in [6.07, 6.45) is 2.27. The molecule has 0 saturated heterocycles. The third-order valence-corrected chi connectivity index (χ3v) is 11.5. The highest BCUT2D eigenvalue weighted by molar-refractivity contribution is 7.91. The van der Waals surface area contributed by atoms with E-state index in [9.17, 15) is 36.0 Å². The van der Waals surface area contributed by atoms with Crippen LogP contribution in [0.15, 0.2) is 107 Å². The molecule has 0 fully saturated rings. The Bertz CT molecular complexity index is 2690. The number of carbonyl (C=O) groups excluding carboxylic acids is 5. The first-order valence-corrected chi connectivity index (χ1v) is 23.5. The zero-order chi connectivity index (χ0) is 48.9. The molecule has 1 N–H and O–H groups in total. The van der Waals surface area contributed by atoms with Gasteiger partial charge in [0.1, 0.15) is 34.6 Å². The van der Waals surface area contributed by atoms with Gasteiger partial charge >= 0.3 is 23.9 Å². The summed E-state index contributed by atoms with van der Waals surface area (Å²) < 4.78 is 72.4. The van der Waals surface area contributed by atoms with Gasteiger partial charge in [0.05, 0.1) is 20.9 Å². The van der Waals surface area contributed by atoms with Gasteiger partial charge in [-0.3, -0.25) is 9.59 Å². The maximum atomic E-state index is 12.7. The second-order valence-corrected chi connectivity index (χ2v) is 19.1. The first-order valence-electron chi connectivity index (χ1n) is 18.5. The Morgan fingerprint density at radius 2 is 0.877 bits per heavy atom. The number of hydrogen-bond acceptors (Lipinski definition) is 15. The molecule has 0 spiro atoms. The van der Waals surface area contributed by atoms with Crippen LogP contribution in [-0.4, -0.2) is 94.2 Å². The van der Waals surface area contributed by atoms with Gasteiger partial charge < -0.3 is 28.3 Å². The topological polar surface area (TPSA) is 237 Å². The van der Waals surface area contributed by atoms with Crippen molar-refractivity contribution in [3.8, 4) is 11.5 Å². The maximum absolute atomic E-state index is 12.7. The van der Waals surface area contributed by atoms with Gasteiger partial charge in [-0.1, -0.05) is 48.5 Å². The minimum absolute atomic E-state index is 0.186. The number of carbonyl (C=O) groups is 6. The van der Waals surface area contributed by atoms with Crippen LogP contribution in [0.1, 0.15) is 49.9 Å². The number of esters is 2. The SMILES string of the molecule is CC1(C)OC(=O)C(c2ccc(OCC(=O)O)cc2)=C1c1ccc(S(C)(=O)=O)cc1.CC1(C)OC(=O)C(c2ccc(OCC(=O)OCl)cc2)=C1c1ccc(S(C)(=O)=O)cc1.O=CCl.O=CCl. The number of carboxylic acids is 1. The van der Waals surface area contributed by atoms with Gasteiger partial charge in [-0.15, -0.1) is 0 Å². The smallest absolute Gasteiger partial charge is 0.362 e. The van der Waals surface area contributed by atoms with Crippen LogP contribution in [-0.2, 0) is 62.2 Å². The van der Waals surface area contributed by atoms with Crippen LogP contribution in [0.4, 0.5) is 0 Å². The second-order valence-electron chi connectivity index (χ2n) is 14.5. The Morgan fingerprint density at radius 3 is 1.15 bits per heavy atom. The molecular formula is C44H41Cl3O16S2. The zero-order valence-corrected chi connectivity index (χ0v) is 39.2. The summed E-state index contributed by atoms with van der Waals surface area (Å²) in [5.41, 5.74) is 2.76. The molecule has 4 aromatic carbocycles. The number of cyclic esters (lactones) is 2. The molecule has 0 bridgehead atoms. The molecule has 0 unspecified atom stereocenters. The Kier molecular flexibility index (Phi) is 18.6. The molecule has 0 saturated carbocycles. The highest BCUT2D eigenvalue weighted by atomic mass is 35.5. The molecule has 0 amide bonds. The number of halogens is 3. The van der Waals surface area contributed by atoms with Crippen molar-refractivity contribution >= 4 is 112 Å². The molecule has 2 aliphatic heterocycles. The van der Waals surface area contributed by atoms with Crippen molar-refractivity contribution in [1.82, 2.24) is 0 Å². The van der Waals surface area contributed by atoms with Crippen LogP contribution in [0.2, 0.25) is 0 Å². The summed E-state index contributed by atoms with van der Waals surface area (Å²) in [4.78, 5) is 64.5. The van der Waals surface area contributed by atoms with E-state index >= 15 is 0 Å². The van der Waals surface area contributed by atoms with E-state index in [1.165, 1.54) is 24.3 Å². The fraction of sp³-hybridized carbons (Fsp3) is 0.227. The molecule has 65 heavy (non-hydrogen) atoms. The number of carboxylic acid groups (broad SMARTS) is 1. The quantitative estimate of drug-likeness (QED) is 0.0851.